The van der Waals surface area contributed by atoms with Crippen molar-refractivity contribution in [2.75, 3.05) is 0 Å². The number of carbonyl (C=O) groups is 2. The predicted molar refractivity (Wildman–Crippen MR) is 111 cm³/mol. The van der Waals surface area contributed by atoms with Gasteiger partial charge in [0.25, 0.3) is 17.5 Å². The number of carbonyl (C=O) groups excluding carboxylic acids is 2. The van der Waals surface area contributed by atoms with Crippen molar-refractivity contribution >= 4 is 17.5 Å². The SMILES string of the molecule is Cc1c(C(=O)NN(C(=O)c2ccc([N+](=O)[O-])cc2)C(C)(C)C)ccc2c1CC(C)O2. The molecular formula is C22H25N3O5. The first-order chi connectivity index (χ1) is 14.0. The molecule has 30 heavy (non-hydrogen) atoms. The number of non-ortho nitro benzene ring substituents is 1. The number of nitro groups is 1. The molecule has 0 aliphatic carbocycles. The van der Waals surface area contributed by atoms with Crippen LogP contribution in [0.5, 0.6) is 5.75 Å². The fourth-order valence-corrected chi connectivity index (χ4v) is 3.43. The summed E-state index contributed by atoms with van der Waals surface area (Å²) in [4.78, 5) is 36.4. The van der Waals surface area contributed by atoms with E-state index in [-0.39, 0.29) is 17.4 Å². The Hall–Kier alpha value is -3.42. The maximum absolute atomic E-state index is 13.1. The van der Waals surface area contributed by atoms with E-state index in [2.05, 4.69) is 5.43 Å². The van der Waals surface area contributed by atoms with Crippen molar-refractivity contribution < 1.29 is 19.2 Å². The zero-order chi connectivity index (χ0) is 22.2. The smallest absolute Gasteiger partial charge is 0.272 e. The molecule has 0 spiro atoms. The van der Waals surface area contributed by atoms with Gasteiger partial charge in [-0.05, 0) is 64.4 Å². The van der Waals surface area contributed by atoms with Gasteiger partial charge in [-0.2, -0.15) is 0 Å². The standard InChI is InChI=1S/C22H25N3O5/c1-13-12-18-14(2)17(10-11-19(18)30-13)20(26)23-24(22(3,4)5)21(27)15-6-8-16(9-7-15)25(28)29/h6-11,13H,12H2,1-5H3,(H,23,26). The Morgan fingerprint density at radius 1 is 1.17 bits per heavy atom. The average Bonchev–Trinajstić information content (AvgIpc) is 3.06. The van der Waals surface area contributed by atoms with Crippen molar-refractivity contribution in [1.82, 2.24) is 10.4 Å². The third-order valence-corrected chi connectivity index (χ3v) is 5.03. The zero-order valence-electron chi connectivity index (χ0n) is 17.7. The highest BCUT2D eigenvalue weighted by molar-refractivity contribution is 6.00. The molecule has 1 atom stereocenters. The Bertz CT molecular complexity index is 1010. The van der Waals surface area contributed by atoms with Gasteiger partial charge in [0.15, 0.2) is 0 Å². The molecular weight excluding hydrogens is 386 g/mol. The minimum Gasteiger partial charge on any atom is -0.490 e. The van der Waals surface area contributed by atoms with Gasteiger partial charge in [-0.1, -0.05) is 0 Å². The number of hydrogen-bond donors (Lipinski definition) is 1. The van der Waals surface area contributed by atoms with Gasteiger partial charge in [-0.15, -0.1) is 0 Å². The van der Waals surface area contributed by atoms with E-state index in [1.807, 2.05) is 13.8 Å². The van der Waals surface area contributed by atoms with Crippen LogP contribution < -0.4 is 10.2 Å². The van der Waals surface area contributed by atoms with Gasteiger partial charge in [0.1, 0.15) is 11.9 Å². The third kappa shape index (κ3) is 4.12. The maximum atomic E-state index is 13.1. The topological polar surface area (TPSA) is 102 Å². The molecule has 2 amide bonds. The van der Waals surface area contributed by atoms with Crippen molar-refractivity contribution in [2.24, 2.45) is 0 Å². The van der Waals surface area contributed by atoms with E-state index in [4.69, 9.17) is 4.74 Å². The highest BCUT2D eigenvalue weighted by atomic mass is 16.6. The average molecular weight is 411 g/mol. The molecule has 1 unspecified atom stereocenters. The van der Waals surface area contributed by atoms with E-state index < -0.39 is 22.3 Å². The van der Waals surface area contributed by atoms with Crippen LogP contribution in [0, 0.1) is 17.0 Å². The van der Waals surface area contributed by atoms with Crippen LogP contribution >= 0.6 is 0 Å². The van der Waals surface area contributed by atoms with Crippen molar-refractivity contribution in [3.8, 4) is 5.75 Å². The molecule has 2 aromatic rings. The number of fused-ring (bicyclic) bond motifs is 1. The molecule has 0 saturated heterocycles. The molecule has 0 bridgehead atoms. The van der Waals surface area contributed by atoms with E-state index in [0.29, 0.717) is 5.56 Å². The monoisotopic (exact) mass is 411 g/mol. The Kier molecular flexibility index (Phi) is 5.52. The van der Waals surface area contributed by atoms with Gasteiger partial charge in [-0.25, -0.2) is 5.01 Å². The van der Waals surface area contributed by atoms with Crippen molar-refractivity contribution in [1.29, 1.82) is 0 Å². The van der Waals surface area contributed by atoms with Crippen LogP contribution in [0.1, 0.15) is 59.5 Å². The number of nitrogens with zero attached hydrogens (tertiary/aromatic N) is 2. The first-order valence-corrected chi connectivity index (χ1v) is 9.68. The van der Waals surface area contributed by atoms with Crippen LogP contribution in [0.2, 0.25) is 0 Å². The summed E-state index contributed by atoms with van der Waals surface area (Å²) in [6.45, 7) is 9.23. The molecule has 3 rings (SSSR count). The fourth-order valence-electron chi connectivity index (χ4n) is 3.43. The summed E-state index contributed by atoms with van der Waals surface area (Å²) in [5.41, 5.74) is 4.42. The second-order valence-corrected chi connectivity index (χ2v) is 8.40. The molecule has 8 heteroatoms. The van der Waals surface area contributed by atoms with Crippen LogP contribution in [0.25, 0.3) is 0 Å². The van der Waals surface area contributed by atoms with E-state index in [9.17, 15) is 19.7 Å². The molecule has 1 aliphatic rings. The molecule has 0 radical (unpaired) electrons. The summed E-state index contributed by atoms with van der Waals surface area (Å²) >= 11 is 0. The van der Waals surface area contributed by atoms with E-state index in [1.54, 1.807) is 32.9 Å². The number of hydrazine groups is 1. The zero-order valence-corrected chi connectivity index (χ0v) is 17.7. The summed E-state index contributed by atoms with van der Waals surface area (Å²) in [6.07, 6.45) is 0.791. The molecule has 1 aliphatic heterocycles. The molecule has 0 saturated carbocycles. The van der Waals surface area contributed by atoms with Crippen LogP contribution in [0.15, 0.2) is 36.4 Å². The van der Waals surface area contributed by atoms with Gasteiger partial charge in [-0.3, -0.25) is 25.1 Å². The van der Waals surface area contributed by atoms with Crippen molar-refractivity contribution in [3.63, 3.8) is 0 Å². The first kappa shape index (κ1) is 21.3. The normalized spacial score (nSPS) is 15.2. The van der Waals surface area contributed by atoms with Gasteiger partial charge in [0.2, 0.25) is 0 Å². The summed E-state index contributed by atoms with van der Waals surface area (Å²) in [5.74, 6) is -0.0762. The molecule has 1 heterocycles. The predicted octanol–water partition coefficient (Wildman–Crippen LogP) is 3.81. The van der Waals surface area contributed by atoms with Gasteiger partial charge in [0, 0.05) is 35.2 Å². The van der Waals surface area contributed by atoms with Crippen molar-refractivity contribution in [2.45, 2.75) is 52.7 Å². The fraction of sp³-hybridized carbons (Fsp3) is 0.364. The molecule has 2 aromatic carbocycles. The Labute approximate surface area is 175 Å². The number of rotatable bonds is 3. The van der Waals surface area contributed by atoms with Gasteiger partial charge < -0.3 is 4.74 Å². The highest BCUT2D eigenvalue weighted by Gasteiger charge is 2.31. The summed E-state index contributed by atoms with van der Waals surface area (Å²) < 4.78 is 5.74. The first-order valence-electron chi connectivity index (χ1n) is 9.68. The van der Waals surface area contributed by atoms with E-state index in [0.717, 1.165) is 23.3 Å². The lowest BCUT2D eigenvalue weighted by molar-refractivity contribution is -0.384. The lowest BCUT2D eigenvalue weighted by Crippen LogP contribution is -2.56. The molecule has 1 N–H and O–H groups in total. The second-order valence-electron chi connectivity index (χ2n) is 8.40. The van der Waals surface area contributed by atoms with Crippen molar-refractivity contribution in [3.05, 3.63) is 68.8 Å². The number of ether oxygens (including phenoxy) is 1. The largest absolute Gasteiger partial charge is 0.490 e. The summed E-state index contributed by atoms with van der Waals surface area (Å²) in [7, 11) is 0. The molecule has 158 valence electrons. The Morgan fingerprint density at radius 2 is 1.80 bits per heavy atom. The second kappa shape index (κ2) is 7.78. The summed E-state index contributed by atoms with van der Waals surface area (Å²) in [5, 5.41) is 12.1. The summed E-state index contributed by atoms with van der Waals surface area (Å²) in [6, 6.07) is 8.76. The number of benzene rings is 2. The van der Waals surface area contributed by atoms with Crippen LogP contribution in [0.4, 0.5) is 5.69 Å². The number of nitrogens with one attached hydrogen (secondary N) is 1. The molecule has 0 fully saturated rings. The van der Waals surface area contributed by atoms with Gasteiger partial charge >= 0.3 is 0 Å². The maximum Gasteiger partial charge on any atom is 0.272 e. The highest BCUT2D eigenvalue weighted by Crippen LogP contribution is 2.33. The number of amides is 2. The quantitative estimate of drug-likeness (QED) is 0.611. The lowest BCUT2D eigenvalue weighted by Gasteiger charge is -2.35. The minimum absolute atomic E-state index is 0.0619. The number of nitro benzene ring substituents is 1. The van der Waals surface area contributed by atoms with Crippen LogP contribution in [-0.4, -0.2) is 33.4 Å². The van der Waals surface area contributed by atoms with Crippen LogP contribution in [-0.2, 0) is 6.42 Å². The minimum atomic E-state index is -0.725. The molecule has 8 nitrogen and oxygen atoms in total. The van der Waals surface area contributed by atoms with Crippen LogP contribution in [0.3, 0.4) is 0 Å². The van der Waals surface area contributed by atoms with Gasteiger partial charge in [0.05, 0.1) is 10.5 Å². The molecule has 0 aromatic heterocycles. The Morgan fingerprint density at radius 3 is 2.37 bits per heavy atom. The van der Waals surface area contributed by atoms with E-state index >= 15 is 0 Å². The van der Waals surface area contributed by atoms with E-state index in [1.165, 1.54) is 29.3 Å². The Balaban J connectivity index is 1.87. The third-order valence-electron chi connectivity index (χ3n) is 5.03. The number of hydrogen-bond acceptors (Lipinski definition) is 5. The lowest BCUT2D eigenvalue weighted by atomic mass is 9.98.